The van der Waals surface area contributed by atoms with Crippen LogP contribution in [0, 0.1) is 6.92 Å². The van der Waals surface area contributed by atoms with Crippen LogP contribution in [0.3, 0.4) is 0 Å². The van der Waals surface area contributed by atoms with Crippen molar-refractivity contribution >= 4 is 29.9 Å². The van der Waals surface area contributed by atoms with Crippen molar-refractivity contribution in [3.05, 3.63) is 53.9 Å². The summed E-state index contributed by atoms with van der Waals surface area (Å²) in [4.78, 5) is 4.29. The molecule has 5 nitrogen and oxygen atoms in total. The first kappa shape index (κ1) is 20.5. The van der Waals surface area contributed by atoms with E-state index in [9.17, 15) is 0 Å². The van der Waals surface area contributed by atoms with Gasteiger partial charge in [0.1, 0.15) is 0 Å². The van der Waals surface area contributed by atoms with Gasteiger partial charge >= 0.3 is 0 Å². The van der Waals surface area contributed by atoms with Crippen molar-refractivity contribution in [3.8, 4) is 0 Å². The summed E-state index contributed by atoms with van der Waals surface area (Å²) in [5.74, 6) is 0.817. The van der Waals surface area contributed by atoms with E-state index in [4.69, 9.17) is 0 Å². The van der Waals surface area contributed by atoms with Crippen LogP contribution < -0.4 is 10.6 Å². The predicted molar refractivity (Wildman–Crippen MR) is 111 cm³/mol. The van der Waals surface area contributed by atoms with Gasteiger partial charge in [-0.05, 0) is 18.1 Å². The molecule has 2 N–H and O–H groups in total. The van der Waals surface area contributed by atoms with Crippen molar-refractivity contribution in [2.24, 2.45) is 4.99 Å². The van der Waals surface area contributed by atoms with Crippen molar-refractivity contribution in [3.63, 3.8) is 0 Å². The summed E-state index contributed by atoms with van der Waals surface area (Å²) in [5.41, 5.74) is 2.53. The maximum Gasteiger partial charge on any atom is 0.191 e. The van der Waals surface area contributed by atoms with E-state index >= 15 is 0 Å². The van der Waals surface area contributed by atoms with Crippen molar-refractivity contribution in [1.29, 1.82) is 0 Å². The Kier molecular flexibility index (Phi) is 8.24. The molecule has 1 aromatic heterocycles. The SMILES string of the molecule is CN=C(NCCn1cc(C)cn1)NCC(C)(C)c1ccccc1.I. The molecule has 0 spiro atoms. The van der Waals surface area contributed by atoms with E-state index in [2.05, 4.69) is 58.8 Å². The third-order valence-corrected chi connectivity index (χ3v) is 3.87. The Morgan fingerprint density at radius 1 is 1.21 bits per heavy atom. The molecule has 2 rings (SSSR count). The number of hydrogen-bond acceptors (Lipinski definition) is 2. The molecule has 132 valence electrons. The molecule has 1 aromatic carbocycles. The Labute approximate surface area is 162 Å². The van der Waals surface area contributed by atoms with Crippen LogP contribution in [0.1, 0.15) is 25.0 Å². The van der Waals surface area contributed by atoms with Crippen LogP contribution in [0.5, 0.6) is 0 Å². The molecule has 0 aliphatic carbocycles. The number of hydrogen-bond donors (Lipinski definition) is 2. The first-order chi connectivity index (χ1) is 11.0. The number of aryl methyl sites for hydroxylation is 1. The van der Waals surface area contributed by atoms with E-state index in [1.165, 1.54) is 11.1 Å². The molecule has 0 atom stereocenters. The average Bonchev–Trinajstić information content (AvgIpc) is 2.97. The van der Waals surface area contributed by atoms with Gasteiger partial charge < -0.3 is 10.6 Å². The standard InChI is InChI=1S/C18H27N5.HI/c1-15-12-22-23(13-15)11-10-20-17(19-4)21-14-18(2,3)16-8-6-5-7-9-16;/h5-9,12-13H,10-11,14H2,1-4H3,(H2,19,20,21);1H. The molecule has 0 fully saturated rings. The van der Waals surface area contributed by atoms with Crippen LogP contribution >= 0.6 is 24.0 Å². The molecule has 0 bridgehead atoms. The minimum Gasteiger partial charge on any atom is -0.356 e. The minimum atomic E-state index is 0. The van der Waals surface area contributed by atoms with Gasteiger partial charge in [-0.1, -0.05) is 44.2 Å². The Bertz CT molecular complexity index is 634. The first-order valence-electron chi connectivity index (χ1n) is 8.00. The second kappa shape index (κ2) is 9.66. The van der Waals surface area contributed by atoms with Crippen molar-refractivity contribution in [2.75, 3.05) is 20.1 Å². The van der Waals surface area contributed by atoms with Crippen LogP contribution in [-0.2, 0) is 12.0 Å². The number of benzene rings is 1. The van der Waals surface area contributed by atoms with Crippen LogP contribution in [0.2, 0.25) is 0 Å². The second-order valence-electron chi connectivity index (χ2n) is 6.38. The lowest BCUT2D eigenvalue weighted by Gasteiger charge is -2.26. The third kappa shape index (κ3) is 6.14. The molecule has 1 heterocycles. The van der Waals surface area contributed by atoms with E-state index in [-0.39, 0.29) is 29.4 Å². The molecule has 0 saturated carbocycles. The molecule has 0 saturated heterocycles. The monoisotopic (exact) mass is 441 g/mol. The average molecular weight is 441 g/mol. The molecular weight excluding hydrogens is 413 g/mol. The van der Waals surface area contributed by atoms with Gasteiger partial charge in [-0.15, -0.1) is 24.0 Å². The predicted octanol–water partition coefficient (Wildman–Crippen LogP) is 2.95. The van der Waals surface area contributed by atoms with Crippen LogP contribution in [0.25, 0.3) is 0 Å². The maximum atomic E-state index is 4.29. The quantitative estimate of drug-likeness (QED) is 0.412. The highest BCUT2D eigenvalue weighted by molar-refractivity contribution is 14.0. The number of aliphatic imine (C=N–C) groups is 1. The fourth-order valence-electron chi connectivity index (χ4n) is 2.39. The van der Waals surface area contributed by atoms with Gasteiger partial charge in [-0.2, -0.15) is 5.10 Å². The van der Waals surface area contributed by atoms with Crippen molar-refractivity contribution in [2.45, 2.75) is 32.7 Å². The Hall–Kier alpha value is -1.57. The Morgan fingerprint density at radius 2 is 1.92 bits per heavy atom. The third-order valence-electron chi connectivity index (χ3n) is 3.87. The van der Waals surface area contributed by atoms with Crippen molar-refractivity contribution < 1.29 is 0 Å². The highest BCUT2D eigenvalue weighted by Crippen LogP contribution is 2.21. The molecule has 0 aliphatic heterocycles. The fraction of sp³-hybridized carbons (Fsp3) is 0.444. The summed E-state index contributed by atoms with van der Waals surface area (Å²) in [6.07, 6.45) is 3.91. The highest BCUT2D eigenvalue weighted by atomic mass is 127. The molecule has 24 heavy (non-hydrogen) atoms. The summed E-state index contributed by atoms with van der Waals surface area (Å²) < 4.78 is 1.93. The van der Waals surface area contributed by atoms with Gasteiger partial charge in [0, 0.05) is 31.7 Å². The van der Waals surface area contributed by atoms with E-state index in [0.717, 1.165) is 25.6 Å². The molecule has 0 aliphatic rings. The zero-order valence-electron chi connectivity index (χ0n) is 14.9. The lowest BCUT2D eigenvalue weighted by Crippen LogP contribution is -2.44. The number of guanidine groups is 1. The van der Waals surface area contributed by atoms with Gasteiger partial charge in [0.05, 0.1) is 12.7 Å². The first-order valence-corrected chi connectivity index (χ1v) is 8.00. The lowest BCUT2D eigenvalue weighted by molar-refractivity contribution is 0.506. The number of nitrogens with one attached hydrogen (secondary N) is 2. The molecule has 6 heteroatoms. The number of halogens is 1. The summed E-state index contributed by atoms with van der Waals surface area (Å²) in [6, 6.07) is 10.5. The Morgan fingerprint density at radius 3 is 2.50 bits per heavy atom. The zero-order valence-corrected chi connectivity index (χ0v) is 17.2. The number of rotatable bonds is 6. The molecule has 0 amide bonds. The van der Waals surface area contributed by atoms with Gasteiger partial charge in [-0.25, -0.2) is 0 Å². The van der Waals surface area contributed by atoms with Crippen LogP contribution in [0.15, 0.2) is 47.7 Å². The van der Waals surface area contributed by atoms with Crippen LogP contribution in [0.4, 0.5) is 0 Å². The summed E-state index contributed by atoms with van der Waals surface area (Å²) >= 11 is 0. The lowest BCUT2D eigenvalue weighted by atomic mass is 9.85. The number of aromatic nitrogens is 2. The van der Waals surface area contributed by atoms with E-state index in [1.54, 1.807) is 7.05 Å². The molecular formula is C18H28IN5. The van der Waals surface area contributed by atoms with Gasteiger partial charge in [0.25, 0.3) is 0 Å². The largest absolute Gasteiger partial charge is 0.356 e. The minimum absolute atomic E-state index is 0. The maximum absolute atomic E-state index is 4.29. The molecule has 0 radical (unpaired) electrons. The van der Waals surface area contributed by atoms with E-state index in [1.807, 2.05) is 30.1 Å². The Balaban J connectivity index is 0.00000288. The topological polar surface area (TPSA) is 54.2 Å². The summed E-state index contributed by atoms with van der Waals surface area (Å²) in [5, 5.41) is 11.0. The van der Waals surface area contributed by atoms with E-state index in [0.29, 0.717) is 0 Å². The van der Waals surface area contributed by atoms with Gasteiger partial charge in [0.2, 0.25) is 0 Å². The smallest absolute Gasteiger partial charge is 0.191 e. The normalized spacial score (nSPS) is 11.8. The summed E-state index contributed by atoms with van der Waals surface area (Å²) in [7, 11) is 1.79. The zero-order chi connectivity index (χ0) is 16.7. The summed E-state index contributed by atoms with van der Waals surface area (Å²) in [6.45, 7) is 8.92. The van der Waals surface area contributed by atoms with Crippen molar-refractivity contribution in [1.82, 2.24) is 20.4 Å². The second-order valence-corrected chi connectivity index (χ2v) is 6.38. The van der Waals surface area contributed by atoms with Crippen LogP contribution in [-0.4, -0.2) is 35.9 Å². The fourth-order valence-corrected chi connectivity index (χ4v) is 2.39. The molecule has 0 unspecified atom stereocenters. The number of nitrogens with zero attached hydrogens (tertiary/aromatic N) is 3. The molecule has 2 aromatic rings. The van der Waals surface area contributed by atoms with Gasteiger partial charge in [0.15, 0.2) is 5.96 Å². The highest BCUT2D eigenvalue weighted by Gasteiger charge is 2.20. The van der Waals surface area contributed by atoms with E-state index < -0.39 is 0 Å². The van der Waals surface area contributed by atoms with Gasteiger partial charge in [-0.3, -0.25) is 9.67 Å².